The average Bonchev–Trinajstić information content (AvgIpc) is 2.52. The lowest BCUT2D eigenvalue weighted by atomic mass is 10.1. The highest BCUT2D eigenvalue weighted by Gasteiger charge is 2.15. The lowest BCUT2D eigenvalue weighted by Gasteiger charge is -2.17. The van der Waals surface area contributed by atoms with Gasteiger partial charge in [-0.3, -0.25) is 9.59 Å². The van der Waals surface area contributed by atoms with Gasteiger partial charge in [0.05, 0.1) is 11.4 Å². The van der Waals surface area contributed by atoms with E-state index in [0.29, 0.717) is 22.9 Å². The number of fused-ring (bicyclic) bond motifs is 1. The molecule has 0 bridgehead atoms. The van der Waals surface area contributed by atoms with Gasteiger partial charge in [-0.05, 0) is 35.9 Å². The fourth-order valence-electron chi connectivity index (χ4n) is 2.15. The molecule has 0 saturated heterocycles. The second-order valence-corrected chi connectivity index (χ2v) is 6.31. The molecule has 0 radical (unpaired) electrons. The smallest absolute Gasteiger partial charge is 0.251 e. The molecular formula is C16H13ClN2O2S. The molecule has 0 spiro atoms. The Balaban J connectivity index is 1.68. The van der Waals surface area contributed by atoms with E-state index < -0.39 is 0 Å². The lowest BCUT2D eigenvalue weighted by molar-refractivity contribution is -0.113. The van der Waals surface area contributed by atoms with Gasteiger partial charge in [-0.1, -0.05) is 23.7 Å². The Morgan fingerprint density at radius 1 is 1.27 bits per heavy atom. The molecule has 22 heavy (non-hydrogen) atoms. The Bertz CT molecular complexity index is 749. The number of amides is 2. The molecule has 2 amide bonds. The minimum atomic E-state index is -0.182. The zero-order chi connectivity index (χ0) is 15.5. The van der Waals surface area contributed by atoms with Crippen LogP contribution in [0, 0.1) is 0 Å². The van der Waals surface area contributed by atoms with Crippen LogP contribution < -0.4 is 10.6 Å². The van der Waals surface area contributed by atoms with Crippen molar-refractivity contribution in [3.05, 3.63) is 58.6 Å². The fraction of sp³-hybridized carbons (Fsp3) is 0.125. The van der Waals surface area contributed by atoms with Crippen molar-refractivity contribution >= 4 is 40.9 Å². The van der Waals surface area contributed by atoms with Crippen LogP contribution in [0.15, 0.2) is 47.4 Å². The highest BCUT2D eigenvalue weighted by Crippen LogP contribution is 2.31. The first kappa shape index (κ1) is 14.9. The quantitative estimate of drug-likeness (QED) is 0.906. The standard InChI is InChI=1S/C16H13ClN2O2S/c17-12-3-1-2-11(7-12)16(21)18-8-10-4-5-14-13(6-10)19-15(20)9-22-14/h1-7H,8-9H2,(H,18,21)(H,19,20). The number of carbonyl (C=O) groups excluding carboxylic acids is 2. The van der Waals surface area contributed by atoms with Crippen LogP contribution in [0.5, 0.6) is 0 Å². The molecule has 0 aliphatic carbocycles. The van der Waals surface area contributed by atoms with Crippen LogP contribution in [0.4, 0.5) is 5.69 Å². The van der Waals surface area contributed by atoms with Gasteiger partial charge in [-0.2, -0.15) is 0 Å². The van der Waals surface area contributed by atoms with E-state index in [1.165, 1.54) is 11.8 Å². The number of anilines is 1. The van der Waals surface area contributed by atoms with Crippen LogP contribution in [0.3, 0.4) is 0 Å². The van der Waals surface area contributed by atoms with Gasteiger partial charge >= 0.3 is 0 Å². The van der Waals surface area contributed by atoms with Crippen molar-refractivity contribution in [1.82, 2.24) is 5.32 Å². The maximum atomic E-state index is 12.1. The van der Waals surface area contributed by atoms with E-state index in [9.17, 15) is 9.59 Å². The van der Waals surface area contributed by atoms with Crippen molar-refractivity contribution in [2.75, 3.05) is 11.1 Å². The maximum Gasteiger partial charge on any atom is 0.251 e. The Kier molecular flexibility index (Phi) is 4.36. The summed E-state index contributed by atoms with van der Waals surface area (Å²) in [5.74, 6) is 0.258. The molecule has 0 saturated carbocycles. The third-order valence-electron chi connectivity index (χ3n) is 3.22. The summed E-state index contributed by atoms with van der Waals surface area (Å²) in [5, 5.41) is 6.21. The first-order chi connectivity index (χ1) is 10.6. The van der Waals surface area contributed by atoms with Gasteiger partial charge < -0.3 is 10.6 Å². The Labute approximate surface area is 137 Å². The predicted molar refractivity (Wildman–Crippen MR) is 88.4 cm³/mol. The van der Waals surface area contributed by atoms with Crippen molar-refractivity contribution in [3.63, 3.8) is 0 Å². The topological polar surface area (TPSA) is 58.2 Å². The largest absolute Gasteiger partial charge is 0.348 e. The Morgan fingerprint density at radius 2 is 2.14 bits per heavy atom. The van der Waals surface area contributed by atoms with Crippen molar-refractivity contribution in [3.8, 4) is 0 Å². The van der Waals surface area contributed by atoms with Gasteiger partial charge in [0.15, 0.2) is 0 Å². The predicted octanol–water partition coefficient (Wildman–Crippen LogP) is 3.31. The molecule has 1 aliphatic rings. The molecular weight excluding hydrogens is 320 g/mol. The number of hydrogen-bond acceptors (Lipinski definition) is 3. The summed E-state index contributed by atoms with van der Waals surface area (Å²) in [6.45, 7) is 0.388. The number of halogens is 1. The van der Waals surface area contributed by atoms with E-state index in [-0.39, 0.29) is 11.8 Å². The first-order valence-corrected chi connectivity index (χ1v) is 8.07. The van der Waals surface area contributed by atoms with E-state index in [1.807, 2.05) is 18.2 Å². The van der Waals surface area contributed by atoms with E-state index in [4.69, 9.17) is 11.6 Å². The molecule has 0 fully saturated rings. The third kappa shape index (κ3) is 3.43. The normalized spacial score (nSPS) is 13.2. The summed E-state index contributed by atoms with van der Waals surface area (Å²) in [4.78, 5) is 24.5. The minimum Gasteiger partial charge on any atom is -0.348 e. The van der Waals surface area contributed by atoms with Gasteiger partial charge in [0.2, 0.25) is 5.91 Å². The van der Waals surface area contributed by atoms with Crippen molar-refractivity contribution in [2.45, 2.75) is 11.4 Å². The van der Waals surface area contributed by atoms with Crippen LogP contribution >= 0.6 is 23.4 Å². The molecule has 2 aromatic carbocycles. The van der Waals surface area contributed by atoms with Gasteiger partial charge in [0.25, 0.3) is 5.91 Å². The number of rotatable bonds is 3. The van der Waals surface area contributed by atoms with Crippen LogP contribution in [0.2, 0.25) is 5.02 Å². The van der Waals surface area contributed by atoms with E-state index >= 15 is 0 Å². The fourth-order valence-corrected chi connectivity index (χ4v) is 3.13. The molecule has 3 rings (SSSR count). The van der Waals surface area contributed by atoms with E-state index in [0.717, 1.165) is 16.1 Å². The number of thioether (sulfide) groups is 1. The number of benzene rings is 2. The first-order valence-electron chi connectivity index (χ1n) is 6.71. The molecule has 0 unspecified atom stereocenters. The Hall–Kier alpha value is -1.98. The van der Waals surface area contributed by atoms with Crippen LogP contribution in [-0.4, -0.2) is 17.6 Å². The number of hydrogen-bond donors (Lipinski definition) is 2. The third-order valence-corrected chi connectivity index (χ3v) is 4.53. The van der Waals surface area contributed by atoms with Crippen molar-refractivity contribution < 1.29 is 9.59 Å². The molecule has 112 valence electrons. The number of nitrogens with one attached hydrogen (secondary N) is 2. The van der Waals surface area contributed by atoms with Gasteiger partial charge in [0, 0.05) is 22.0 Å². The second-order valence-electron chi connectivity index (χ2n) is 4.86. The Morgan fingerprint density at radius 3 is 2.95 bits per heavy atom. The zero-order valence-electron chi connectivity index (χ0n) is 11.6. The molecule has 2 aromatic rings. The molecule has 0 atom stereocenters. The zero-order valence-corrected chi connectivity index (χ0v) is 13.1. The molecule has 2 N–H and O–H groups in total. The molecule has 0 aromatic heterocycles. The molecule has 1 aliphatic heterocycles. The summed E-state index contributed by atoms with van der Waals surface area (Å²) in [6.07, 6.45) is 0. The molecule has 4 nitrogen and oxygen atoms in total. The second kappa shape index (κ2) is 6.42. The summed E-state index contributed by atoms with van der Waals surface area (Å²) in [7, 11) is 0. The maximum absolute atomic E-state index is 12.1. The number of carbonyl (C=O) groups is 2. The summed E-state index contributed by atoms with van der Waals surface area (Å²) < 4.78 is 0. The summed E-state index contributed by atoms with van der Waals surface area (Å²) in [5.41, 5.74) is 2.25. The van der Waals surface area contributed by atoms with Crippen molar-refractivity contribution in [1.29, 1.82) is 0 Å². The average molecular weight is 333 g/mol. The highest BCUT2D eigenvalue weighted by atomic mass is 35.5. The molecule has 6 heteroatoms. The lowest BCUT2D eigenvalue weighted by Crippen LogP contribution is -2.23. The minimum absolute atomic E-state index is 0.00221. The van der Waals surface area contributed by atoms with Crippen molar-refractivity contribution in [2.24, 2.45) is 0 Å². The van der Waals surface area contributed by atoms with Gasteiger partial charge in [-0.15, -0.1) is 11.8 Å². The highest BCUT2D eigenvalue weighted by molar-refractivity contribution is 8.00. The summed E-state index contributed by atoms with van der Waals surface area (Å²) in [6, 6.07) is 12.6. The van der Waals surface area contributed by atoms with E-state index in [2.05, 4.69) is 10.6 Å². The SMILES string of the molecule is O=C1CSc2ccc(CNC(=O)c3cccc(Cl)c3)cc2N1. The van der Waals surface area contributed by atoms with Gasteiger partial charge in [-0.25, -0.2) is 0 Å². The van der Waals surface area contributed by atoms with E-state index in [1.54, 1.807) is 24.3 Å². The van der Waals surface area contributed by atoms with Gasteiger partial charge in [0.1, 0.15) is 0 Å². The van der Waals surface area contributed by atoms with Crippen LogP contribution in [0.1, 0.15) is 15.9 Å². The monoisotopic (exact) mass is 332 g/mol. The summed E-state index contributed by atoms with van der Waals surface area (Å²) >= 11 is 7.39. The molecule has 1 heterocycles. The van der Waals surface area contributed by atoms with Crippen LogP contribution in [-0.2, 0) is 11.3 Å². The van der Waals surface area contributed by atoms with Crippen LogP contribution in [0.25, 0.3) is 0 Å².